The first kappa shape index (κ1) is 21.2. The molecule has 0 spiro atoms. The fraction of sp³-hybridized carbons (Fsp3) is 0.538. The molecule has 2 atom stereocenters. The molecule has 1 fully saturated rings. The molecule has 0 saturated carbocycles. The summed E-state index contributed by atoms with van der Waals surface area (Å²) in [7, 11) is 0. The van der Waals surface area contributed by atoms with Gasteiger partial charge >= 0.3 is 0 Å². The molecule has 1 aliphatic heterocycles. The fourth-order valence-electron chi connectivity index (χ4n) is 1.91. The van der Waals surface area contributed by atoms with Crippen molar-refractivity contribution in [1.82, 2.24) is 15.6 Å². The van der Waals surface area contributed by atoms with Gasteiger partial charge in [-0.15, -0.1) is 24.8 Å². The molecule has 1 aromatic rings. The van der Waals surface area contributed by atoms with Crippen molar-refractivity contribution in [3.05, 3.63) is 23.4 Å². The number of carbonyl (C=O) groups is 1. The lowest BCUT2D eigenvalue weighted by molar-refractivity contribution is -0.129. The highest BCUT2D eigenvalue weighted by molar-refractivity contribution is 6.30. The molecule has 1 saturated heterocycles. The maximum atomic E-state index is 11.9. The number of amides is 1. The van der Waals surface area contributed by atoms with E-state index in [1.54, 1.807) is 12.1 Å². The van der Waals surface area contributed by atoms with Crippen LogP contribution >= 0.6 is 36.4 Å². The van der Waals surface area contributed by atoms with Crippen LogP contribution in [0.25, 0.3) is 0 Å². The van der Waals surface area contributed by atoms with Gasteiger partial charge in [0, 0.05) is 18.8 Å². The van der Waals surface area contributed by atoms with Crippen molar-refractivity contribution in [3.8, 4) is 5.88 Å². The van der Waals surface area contributed by atoms with Crippen molar-refractivity contribution in [1.29, 1.82) is 0 Å². The van der Waals surface area contributed by atoms with Gasteiger partial charge in [-0.25, -0.2) is 4.98 Å². The normalized spacial score (nSPS) is 20.3. The van der Waals surface area contributed by atoms with E-state index < -0.39 is 0 Å². The van der Waals surface area contributed by atoms with Crippen LogP contribution in [0.3, 0.4) is 0 Å². The smallest absolute Gasteiger partial charge is 0.239 e. The van der Waals surface area contributed by atoms with Gasteiger partial charge in [0.05, 0.1) is 24.3 Å². The zero-order chi connectivity index (χ0) is 14.4. The number of aromatic nitrogens is 1. The Kier molecular flexibility index (Phi) is 10.5. The van der Waals surface area contributed by atoms with Crippen molar-refractivity contribution < 1.29 is 14.3 Å². The number of morpholine rings is 1. The molecule has 0 unspecified atom stereocenters. The predicted molar refractivity (Wildman–Crippen MR) is 89.5 cm³/mol. The van der Waals surface area contributed by atoms with E-state index in [4.69, 9.17) is 21.1 Å². The second-order valence-electron chi connectivity index (χ2n) is 4.46. The molecule has 0 radical (unpaired) electrons. The number of hydrogen-bond acceptors (Lipinski definition) is 5. The summed E-state index contributed by atoms with van der Waals surface area (Å²) in [6, 6.07) is 3.08. The summed E-state index contributed by atoms with van der Waals surface area (Å²) in [4.78, 5) is 15.9. The molecule has 1 amide bonds. The van der Waals surface area contributed by atoms with Crippen molar-refractivity contribution >= 4 is 42.3 Å². The van der Waals surface area contributed by atoms with Crippen LogP contribution < -0.4 is 15.4 Å². The second kappa shape index (κ2) is 10.9. The van der Waals surface area contributed by atoms with Crippen LogP contribution in [0.5, 0.6) is 5.88 Å². The lowest BCUT2D eigenvalue weighted by Crippen LogP contribution is -2.55. The van der Waals surface area contributed by atoms with Crippen LogP contribution in [0.15, 0.2) is 18.3 Å². The van der Waals surface area contributed by atoms with E-state index in [1.807, 2.05) is 6.92 Å². The predicted octanol–water partition coefficient (Wildman–Crippen LogP) is 1.45. The third-order valence-electron chi connectivity index (χ3n) is 2.95. The Morgan fingerprint density at radius 3 is 2.95 bits per heavy atom. The Morgan fingerprint density at radius 2 is 2.32 bits per heavy atom. The highest BCUT2D eigenvalue weighted by Crippen LogP contribution is 2.11. The van der Waals surface area contributed by atoms with Crippen molar-refractivity contribution in [2.24, 2.45) is 0 Å². The van der Waals surface area contributed by atoms with E-state index in [0.717, 1.165) is 0 Å². The molecule has 0 aromatic carbocycles. The average Bonchev–Trinajstić information content (AvgIpc) is 2.46. The SMILES string of the molecule is C[C@H]1OCCN[C@@H]1C(=O)NCCOc1ccc(Cl)cn1.Cl.Cl. The van der Waals surface area contributed by atoms with E-state index in [9.17, 15) is 4.79 Å². The summed E-state index contributed by atoms with van der Waals surface area (Å²) < 4.78 is 10.8. The standard InChI is InChI=1S/C13H18ClN3O3.2ClH/c1-9-12(15-4-6-19-9)13(18)16-5-7-20-11-3-2-10(14)8-17-11;;/h2-3,8-9,12,15H,4-7H2,1H3,(H,16,18);2*1H/t9-,12+;;/m1../s1. The monoisotopic (exact) mass is 371 g/mol. The minimum atomic E-state index is -0.308. The first-order chi connectivity index (χ1) is 9.66. The molecule has 6 nitrogen and oxygen atoms in total. The van der Waals surface area contributed by atoms with Gasteiger partial charge in [-0.05, 0) is 13.0 Å². The van der Waals surface area contributed by atoms with E-state index in [1.165, 1.54) is 6.20 Å². The summed E-state index contributed by atoms with van der Waals surface area (Å²) >= 11 is 5.72. The number of carbonyl (C=O) groups excluding carboxylic acids is 1. The molecule has 0 bridgehead atoms. The van der Waals surface area contributed by atoms with Crippen LogP contribution in [-0.4, -0.2) is 49.3 Å². The van der Waals surface area contributed by atoms with Crippen LogP contribution in [-0.2, 0) is 9.53 Å². The Hall–Kier alpha value is -0.790. The molecule has 9 heteroatoms. The van der Waals surface area contributed by atoms with Gasteiger partial charge in [-0.1, -0.05) is 11.6 Å². The molecule has 126 valence electrons. The number of halogens is 3. The zero-order valence-corrected chi connectivity index (χ0v) is 14.5. The molecule has 1 aromatic heterocycles. The minimum absolute atomic E-state index is 0. The van der Waals surface area contributed by atoms with Crippen molar-refractivity contribution in [3.63, 3.8) is 0 Å². The third kappa shape index (κ3) is 6.54. The van der Waals surface area contributed by atoms with Gasteiger partial charge in [-0.3, -0.25) is 4.79 Å². The molecule has 0 aliphatic carbocycles. The number of ether oxygens (including phenoxy) is 2. The summed E-state index contributed by atoms with van der Waals surface area (Å²) in [5, 5.41) is 6.49. The van der Waals surface area contributed by atoms with Crippen molar-refractivity contribution in [2.75, 3.05) is 26.3 Å². The summed E-state index contributed by atoms with van der Waals surface area (Å²) in [5.41, 5.74) is 0. The number of hydrogen-bond donors (Lipinski definition) is 2. The highest BCUT2D eigenvalue weighted by atomic mass is 35.5. The van der Waals surface area contributed by atoms with Crippen LogP contribution in [0, 0.1) is 0 Å². The van der Waals surface area contributed by atoms with Gasteiger partial charge in [0.2, 0.25) is 11.8 Å². The largest absolute Gasteiger partial charge is 0.476 e. The lowest BCUT2D eigenvalue weighted by atomic mass is 10.1. The topological polar surface area (TPSA) is 72.5 Å². The number of pyridine rings is 1. The number of nitrogens with zero attached hydrogens (tertiary/aromatic N) is 1. The van der Waals surface area contributed by atoms with Gasteiger partial charge in [0.1, 0.15) is 12.6 Å². The minimum Gasteiger partial charge on any atom is -0.476 e. The van der Waals surface area contributed by atoms with Crippen LogP contribution in [0.4, 0.5) is 0 Å². The first-order valence-electron chi connectivity index (χ1n) is 6.54. The third-order valence-corrected chi connectivity index (χ3v) is 3.17. The van der Waals surface area contributed by atoms with Crippen molar-refractivity contribution in [2.45, 2.75) is 19.1 Å². The molecule has 1 aliphatic rings. The summed E-state index contributed by atoms with van der Waals surface area (Å²) in [6.45, 7) is 3.96. The zero-order valence-electron chi connectivity index (χ0n) is 12.1. The summed E-state index contributed by atoms with van der Waals surface area (Å²) in [6.07, 6.45) is 1.39. The molecule has 2 N–H and O–H groups in total. The average molecular weight is 373 g/mol. The van der Waals surface area contributed by atoms with E-state index in [2.05, 4.69) is 15.6 Å². The Morgan fingerprint density at radius 1 is 1.55 bits per heavy atom. The molecular weight excluding hydrogens is 353 g/mol. The second-order valence-corrected chi connectivity index (χ2v) is 4.90. The van der Waals surface area contributed by atoms with Gasteiger partial charge in [0.25, 0.3) is 0 Å². The number of nitrogens with one attached hydrogen (secondary N) is 2. The first-order valence-corrected chi connectivity index (χ1v) is 6.91. The molecule has 2 rings (SSSR count). The Bertz CT molecular complexity index is 448. The van der Waals surface area contributed by atoms with Gasteiger partial charge in [0.15, 0.2) is 0 Å². The van der Waals surface area contributed by atoms with Crippen LogP contribution in [0.2, 0.25) is 5.02 Å². The van der Waals surface area contributed by atoms with Crippen LogP contribution in [0.1, 0.15) is 6.92 Å². The fourth-order valence-corrected chi connectivity index (χ4v) is 2.03. The molecular formula is C13H20Cl3N3O3. The summed E-state index contributed by atoms with van der Waals surface area (Å²) in [5.74, 6) is 0.404. The maximum absolute atomic E-state index is 11.9. The lowest BCUT2D eigenvalue weighted by Gasteiger charge is -2.29. The quantitative estimate of drug-likeness (QED) is 0.766. The van der Waals surface area contributed by atoms with E-state index in [-0.39, 0.29) is 42.9 Å². The Labute approximate surface area is 147 Å². The van der Waals surface area contributed by atoms with E-state index in [0.29, 0.717) is 37.2 Å². The Balaban J connectivity index is 0.00000220. The van der Waals surface area contributed by atoms with Gasteiger partial charge in [-0.2, -0.15) is 0 Å². The van der Waals surface area contributed by atoms with Gasteiger partial charge < -0.3 is 20.1 Å². The van der Waals surface area contributed by atoms with E-state index >= 15 is 0 Å². The number of rotatable bonds is 5. The molecule has 22 heavy (non-hydrogen) atoms. The molecule has 2 heterocycles. The highest BCUT2D eigenvalue weighted by Gasteiger charge is 2.27. The maximum Gasteiger partial charge on any atom is 0.239 e.